The van der Waals surface area contributed by atoms with Crippen molar-refractivity contribution in [3.8, 4) is 5.75 Å². The Labute approximate surface area is 173 Å². The molecule has 0 bridgehead atoms. The zero-order valence-corrected chi connectivity index (χ0v) is 17.4. The molecule has 0 saturated carbocycles. The number of carbonyl (C=O) groups excluding carboxylic acids is 1. The molecule has 1 fully saturated rings. The molecule has 1 aliphatic heterocycles. The van der Waals surface area contributed by atoms with Gasteiger partial charge in [0, 0.05) is 42.3 Å². The van der Waals surface area contributed by atoms with Crippen molar-refractivity contribution in [3.05, 3.63) is 44.3 Å². The largest absolute Gasteiger partial charge is 0.482 e. The molecule has 0 radical (unpaired) electrons. The van der Waals surface area contributed by atoms with Gasteiger partial charge in [-0.1, -0.05) is 23.2 Å². The van der Waals surface area contributed by atoms with Crippen molar-refractivity contribution in [2.24, 2.45) is 0 Å². The number of piperazine rings is 1. The number of aromatic nitrogens is 1. The molecule has 2 heterocycles. The lowest BCUT2D eigenvalue weighted by Gasteiger charge is -2.34. The van der Waals surface area contributed by atoms with Crippen LogP contribution in [-0.4, -0.2) is 53.5 Å². The Kier molecular flexibility index (Phi) is 7.98. The van der Waals surface area contributed by atoms with Gasteiger partial charge in [0.05, 0.1) is 11.6 Å². The van der Waals surface area contributed by atoms with E-state index in [0.717, 1.165) is 30.3 Å². The Morgan fingerprint density at radius 1 is 1.27 bits per heavy atom. The standard InChI is InChI=1S/C17H19Cl2N3O2S.ClH/c1-12-11-25-16(20-12)9-21-4-6-22(7-5-21)17(23)10-24-15-3-2-13(18)8-14(15)19;/h2-3,8,11H,4-7,9-10H2,1H3;1H. The second-order valence-corrected chi connectivity index (χ2v) is 7.69. The van der Waals surface area contributed by atoms with Gasteiger partial charge in [0.1, 0.15) is 10.8 Å². The third kappa shape index (κ3) is 5.72. The van der Waals surface area contributed by atoms with Gasteiger partial charge in [-0.05, 0) is 25.1 Å². The number of amides is 1. The van der Waals surface area contributed by atoms with Crippen molar-refractivity contribution in [2.45, 2.75) is 13.5 Å². The number of rotatable bonds is 5. The molecular formula is C17H20Cl3N3O2S. The molecule has 5 nitrogen and oxygen atoms in total. The number of ether oxygens (including phenoxy) is 1. The smallest absolute Gasteiger partial charge is 0.260 e. The van der Waals surface area contributed by atoms with Crippen molar-refractivity contribution < 1.29 is 9.53 Å². The van der Waals surface area contributed by atoms with E-state index in [9.17, 15) is 4.79 Å². The minimum absolute atomic E-state index is 0. The normalized spacial score (nSPS) is 14.8. The molecule has 1 aromatic heterocycles. The average Bonchev–Trinajstić information content (AvgIpc) is 2.99. The molecule has 1 amide bonds. The van der Waals surface area contributed by atoms with Gasteiger partial charge in [0.2, 0.25) is 0 Å². The molecule has 1 aromatic carbocycles. The van der Waals surface area contributed by atoms with E-state index < -0.39 is 0 Å². The molecule has 0 atom stereocenters. The van der Waals surface area contributed by atoms with Gasteiger partial charge < -0.3 is 9.64 Å². The van der Waals surface area contributed by atoms with Crippen molar-refractivity contribution >= 4 is 52.9 Å². The van der Waals surface area contributed by atoms with E-state index in [1.54, 1.807) is 29.5 Å². The first-order valence-corrected chi connectivity index (χ1v) is 9.64. The van der Waals surface area contributed by atoms with Crippen molar-refractivity contribution in [1.29, 1.82) is 0 Å². The quantitative estimate of drug-likeness (QED) is 0.713. The van der Waals surface area contributed by atoms with Crippen LogP contribution in [0.2, 0.25) is 10.0 Å². The highest BCUT2D eigenvalue weighted by atomic mass is 35.5. The van der Waals surface area contributed by atoms with Gasteiger partial charge in [0.25, 0.3) is 5.91 Å². The molecule has 26 heavy (non-hydrogen) atoms. The van der Waals surface area contributed by atoms with E-state index in [-0.39, 0.29) is 24.9 Å². The maximum absolute atomic E-state index is 12.3. The van der Waals surface area contributed by atoms with Gasteiger partial charge in [-0.15, -0.1) is 23.7 Å². The fourth-order valence-electron chi connectivity index (χ4n) is 2.65. The number of halogens is 3. The van der Waals surface area contributed by atoms with E-state index in [1.807, 2.05) is 11.8 Å². The summed E-state index contributed by atoms with van der Waals surface area (Å²) in [4.78, 5) is 21.0. The fraction of sp³-hybridized carbons (Fsp3) is 0.412. The summed E-state index contributed by atoms with van der Waals surface area (Å²) in [5.41, 5.74) is 1.06. The Morgan fingerprint density at radius 3 is 2.62 bits per heavy atom. The first kappa shape index (κ1) is 21.3. The van der Waals surface area contributed by atoms with E-state index in [1.165, 1.54) is 0 Å². The van der Waals surface area contributed by atoms with Crippen molar-refractivity contribution in [1.82, 2.24) is 14.8 Å². The first-order valence-electron chi connectivity index (χ1n) is 8.00. The van der Waals surface area contributed by atoms with E-state index in [2.05, 4.69) is 15.3 Å². The molecule has 1 saturated heterocycles. The zero-order valence-electron chi connectivity index (χ0n) is 14.3. The van der Waals surface area contributed by atoms with Crippen LogP contribution < -0.4 is 4.74 Å². The molecule has 0 spiro atoms. The summed E-state index contributed by atoms with van der Waals surface area (Å²) < 4.78 is 5.53. The van der Waals surface area contributed by atoms with Crippen LogP contribution in [0.1, 0.15) is 10.7 Å². The van der Waals surface area contributed by atoms with Crippen LogP contribution >= 0.6 is 46.9 Å². The first-order chi connectivity index (χ1) is 12.0. The third-order valence-electron chi connectivity index (χ3n) is 4.00. The van der Waals surface area contributed by atoms with Gasteiger partial charge in [-0.2, -0.15) is 0 Å². The SMILES string of the molecule is Cc1csc(CN2CCN(C(=O)COc3ccc(Cl)cc3Cl)CC2)n1.Cl. The highest BCUT2D eigenvalue weighted by Crippen LogP contribution is 2.27. The monoisotopic (exact) mass is 435 g/mol. The molecule has 3 rings (SSSR count). The van der Waals surface area contributed by atoms with Gasteiger partial charge >= 0.3 is 0 Å². The summed E-state index contributed by atoms with van der Waals surface area (Å²) in [6.07, 6.45) is 0. The summed E-state index contributed by atoms with van der Waals surface area (Å²) in [6, 6.07) is 4.96. The number of benzene rings is 1. The predicted octanol–water partition coefficient (Wildman–Crippen LogP) is 3.90. The second-order valence-electron chi connectivity index (χ2n) is 5.90. The molecule has 9 heteroatoms. The predicted molar refractivity (Wildman–Crippen MR) is 108 cm³/mol. The van der Waals surface area contributed by atoms with Crippen molar-refractivity contribution in [2.75, 3.05) is 32.8 Å². The molecule has 142 valence electrons. The van der Waals surface area contributed by atoms with E-state index >= 15 is 0 Å². The lowest BCUT2D eigenvalue weighted by Crippen LogP contribution is -2.49. The maximum Gasteiger partial charge on any atom is 0.260 e. The number of hydrogen-bond acceptors (Lipinski definition) is 5. The van der Waals surface area contributed by atoms with Crippen LogP contribution in [0.5, 0.6) is 5.75 Å². The summed E-state index contributed by atoms with van der Waals surface area (Å²) >= 11 is 13.6. The number of thiazole rings is 1. The highest BCUT2D eigenvalue weighted by Gasteiger charge is 2.22. The topological polar surface area (TPSA) is 45.7 Å². The van der Waals surface area contributed by atoms with E-state index in [4.69, 9.17) is 27.9 Å². The summed E-state index contributed by atoms with van der Waals surface area (Å²) in [6.45, 7) is 5.90. The van der Waals surface area contributed by atoms with E-state index in [0.29, 0.717) is 28.9 Å². The minimum atomic E-state index is -0.0317. The molecule has 0 N–H and O–H groups in total. The van der Waals surface area contributed by atoms with Gasteiger partial charge in [0.15, 0.2) is 6.61 Å². The van der Waals surface area contributed by atoms with Crippen LogP contribution in [0.15, 0.2) is 23.6 Å². The summed E-state index contributed by atoms with van der Waals surface area (Å²) in [5, 5.41) is 4.13. The Morgan fingerprint density at radius 2 is 2.00 bits per heavy atom. The minimum Gasteiger partial charge on any atom is -0.482 e. The maximum atomic E-state index is 12.3. The summed E-state index contributed by atoms with van der Waals surface area (Å²) in [5.74, 6) is 0.438. The number of hydrogen-bond donors (Lipinski definition) is 0. The highest BCUT2D eigenvalue weighted by molar-refractivity contribution is 7.09. The van der Waals surface area contributed by atoms with Crippen LogP contribution in [0, 0.1) is 6.92 Å². The van der Waals surface area contributed by atoms with Crippen LogP contribution in [0.25, 0.3) is 0 Å². The lowest BCUT2D eigenvalue weighted by molar-refractivity contribution is -0.135. The van der Waals surface area contributed by atoms with Crippen LogP contribution in [-0.2, 0) is 11.3 Å². The average molecular weight is 437 g/mol. The Hall–Kier alpha value is -1.05. The fourth-order valence-corrected chi connectivity index (χ4v) is 3.92. The zero-order chi connectivity index (χ0) is 17.8. The summed E-state index contributed by atoms with van der Waals surface area (Å²) in [7, 11) is 0. The van der Waals surface area contributed by atoms with Gasteiger partial charge in [-0.25, -0.2) is 4.98 Å². The second kappa shape index (κ2) is 9.76. The molecule has 0 aliphatic carbocycles. The Bertz CT molecular complexity index is 749. The number of carbonyl (C=O) groups is 1. The van der Waals surface area contributed by atoms with Gasteiger partial charge in [-0.3, -0.25) is 9.69 Å². The third-order valence-corrected chi connectivity index (χ3v) is 5.48. The van der Waals surface area contributed by atoms with Crippen LogP contribution in [0.3, 0.4) is 0 Å². The molecule has 0 unspecified atom stereocenters. The van der Waals surface area contributed by atoms with Crippen LogP contribution in [0.4, 0.5) is 0 Å². The number of aryl methyl sites for hydroxylation is 1. The van der Waals surface area contributed by atoms with Crippen molar-refractivity contribution in [3.63, 3.8) is 0 Å². The molecular weight excluding hydrogens is 417 g/mol. The Balaban J connectivity index is 0.00000243. The molecule has 2 aromatic rings. The lowest BCUT2D eigenvalue weighted by atomic mass is 10.3. The number of nitrogens with zero attached hydrogens (tertiary/aromatic N) is 3. The molecule has 1 aliphatic rings.